The van der Waals surface area contributed by atoms with Crippen LogP contribution in [0.25, 0.3) is 0 Å². The largest absolute Gasteiger partial charge is 0.481 e. The van der Waals surface area contributed by atoms with E-state index in [9.17, 15) is 14.4 Å². The molecule has 0 aliphatic rings. The Morgan fingerprint density at radius 1 is 1.09 bits per heavy atom. The number of ketones is 1. The SMILES string of the molecule is CC.CSC(CC(=O)O)C(=O)NCCOCCOCCC(C)=O. The van der Waals surface area contributed by atoms with Gasteiger partial charge in [-0.05, 0) is 13.2 Å². The Labute approximate surface area is 142 Å². The van der Waals surface area contributed by atoms with Gasteiger partial charge in [0.05, 0.1) is 38.1 Å². The van der Waals surface area contributed by atoms with Crippen molar-refractivity contribution in [2.24, 2.45) is 0 Å². The van der Waals surface area contributed by atoms with Crippen molar-refractivity contribution in [1.29, 1.82) is 0 Å². The summed E-state index contributed by atoms with van der Waals surface area (Å²) in [7, 11) is 0. The maximum atomic E-state index is 11.6. The Morgan fingerprint density at radius 2 is 1.65 bits per heavy atom. The van der Waals surface area contributed by atoms with Crippen LogP contribution in [0, 0.1) is 0 Å². The van der Waals surface area contributed by atoms with Crippen LogP contribution in [0.2, 0.25) is 0 Å². The summed E-state index contributed by atoms with van der Waals surface area (Å²) >= 11 is 1.20. The van der Waals surface area contributed by atoms with E-state index in [-0.39, 0.29) is 18.1 Å². The van der Waals surface area contributed by atoms with Crippen molar-refractivity contribution in [1.82, 2.24) is 5.32 Å². The van der Waals surface area contributed by atoms with E-state index in [0.717, 1.165) is 0 Å². The number of nitrogens with one attached hydrogen (secondary N) is 1. The topological polar surface area (TPSA) is 102 Å². The lowest BCUT2D eigenvalue weighted by Crippen LogP contribution is -2.36. The summed E-state index contributed by atoms with van der Waals surface area (Å²) in [5, 5.41) is 10.7. The van der Waals surface area contributed by atoms with Gasteiger partial charge < -0.3 is 19.9 Å². The lowest BCUT2D eigenvalue weighted by atomic mass is 10.3. The summed E-state index contributed by atoms with van der Waals surface area (Å²) < 4.78 is 10.4. The molecule has 0 aliphatic heterocycles. The second-order valence-corrected chi connectivity index (χ2v) is 5.33. The van der Waals surface area contributed by atoms with Gasteiger partial charge in [0.1, 0.15) is 5.78 Å². The molecule has 8 heteroatoms. The summed E-state index contributed by atoms with van der Waals surface area (Å²) in [5.41, 5.74) is 0. The molecule has 0 heterocycles. The third kappa shape index (κ3) is 17.1. The Balaban J connectivity index is 0. The van der Waals surface area contributed by atoms with E-state index in [1.54, 1.807) is 6.26 Å². The summed E-state index contributed by atoms with van der Waals surface area (Å²) in [6.07, 6.45) is 1.90. The van der Waals surface area contributed by atoms with Crippen LogP contribution in [0.1, 0.15) is 33.6 Å². The Bertz CT molecular complexity index is 338. The first-order chi connectivity index (χ1) is 11.0. The molecule has 0 aromatic rings. The van der Waals surface area contributed by atoms with Crippen LogP contribution < -0.4 is 5.32 Å². The van der Waals surface area contributed by atoms with E-state index in [1.807, 2.05) is 13.8 Å². The van der Waals surface area contributed by atoms with Gasteiger partial charge in [0.15, 0.2) is 0 Å². The van der Waals surface area contributed by atoms with Crippen LogP contribution in [0.15, 0.2) is 0 Å². The van der Waals surface area contributed by atoms with Gasteiger partial charge in [-0.2, -0.15) is 11.8 Å². The number of carboxylic acid groups (broad SMARTS) is 1. The van der Waals surface area contributed by atoms with Gasteiger partial charge in [0.25, 0.3) is 0 Å². The van der Waals surface area contributed by atoms with Crippen LogP contribution in [0.4, 0.5) is 0 Å². The summed E-state index contributed by atoms with van der Waals surface area (Å²) in [5.74, 6) is -1.21. The van der Waals surface area contributed by atoms with Crippen LogP contribution in [0.3, 0.4) is 0 Å². The minimum atomic E-state index is -0.997. The number of hydrogen-bond acceptors (Lipinski definition) is 6. The minimum absolute atomic E-state index is 0.0864. The molecule has 0 radical (unpaired) electrons. The summed E-state index contributed by atoms with van der Waals surface area (Å²) in [4.78, 5) is 32.8. The quantitative estimate of drug-likeness (QED) is 0.483. The highest BCUT2D eigenvalue weighted by Gasteiger charge is 2.19. The van der Waals surface area contributed by atoms with Crippen LogP contribution in [-0.4, -0.2) is 67.2 Å². The van der Waals surface area contributed by atoms with Crippen molar-refractivity contribution in [3.8, 4) is 0 Å². The average molecular weight is 351 g/mol. The molecule has 0 aromatic carbocycles. The molecular formula is C15H29NO6S. The number of ether oxygens (including phenoxy) is 2. The molecule has 1 atom stereocenters. The van der Waals surface area contributed by atoms with E-state index in [1.165, 1.54) is 18.7 Å². The van der Waals surface area contributed by atoms with Crippen molar-refractivity contribution in [3.05, 3.63) is 0 Å². The van der Waals surface area contributed by atoms with Crippen molar-refractivity contribution in [3.63, 3.8) is 0 Å². The molecule has 1 amide bonds. The van der Waals surface area contributed by atoms with Gasteiger partial charge in [-0.25, -0.2) is 0 Å². The van der Waals surface area contributed by atoms with E-state index < -0.39 is 11.2 Å². The zero-order chi connectivity index (χ0) is 18.1. The Morgan fingerprint density at radius 3 is 2.13 bits per heavy atom. The van der Waals surface area contributed by atoms with E-state index in [4.69, 9.17) is 14.6 Å². The maximum absolute atomic E-state index is 11.6. The normalized spacial score (nSPS) is 11.1. The third-order valence-corrected chi connectivity index (χ3v) is 3.40. The predicted octanol–water partition coefficient (Wildman–Crippen LogP) is 1.35. The van der Waals surface area contributed by atoms with Crippen molar-refractivity contribution >= 4 is 29.4 Å². The van der Waals surface area contributed by atoms with Gasteiger partial charge in [0.2, 0.25) is 5.91 Å². The molecular weight excluding hydrogens is 322 g/mol. The molecule has 0 rings (SSSR count). The van der Waals surface area contributed by atoms with Gasteiger partial charge in [-0.15, -0.1) is 0 Å². The van der Waals surface area contributed by atoms with Crippen LogP contribution >= 0.6 is 11.8 Å². The highest BCUT2D eigenvalue weighted by Crippen LogP contribution is 2.10. The number of carbonyl (C=O) groups excluding carboxylic acids is 2. The van der Waals surface area contributed by atoms with Crippen molar-refractivity contribution < 1.29 is 29.0 Å². The second kappa shape index (κ2) is 17.2. The standard InChI is InChI=1S/C13H23NO6S.C2H6/c1-10(15)3-5-19-7-8-20-6-4-14-13(18)11(21-2)9-12(16)17;1-2/h11H,3-9H2,1-2H3,(H,14,18)(H,16,17);1-2H3. The fraction of sp³-hybridized carbons (Fsp3) is 0.800. The Kier molecular flexibility index (Phi) is 18.1. The van der Waals surface area contributed by atoms with E-state index in [0.29, 0.717) is 39.4 Å². The fourth-order valence-electron chi connectivity index (χ4n) is 1.34. The molecule has 0 aliphatic carbocycles. The first-order valence-electron chi connectivity index (χ1n) is 7.64. The van der Waals surface area contributed by atoms with Crippen molar-refractivity contribution in [2.45, 2.75) is 38.9 Å². The molecule has 1 unspecified atom stereocenters. The van der Waals surface area contributed by atoms with Crippen LogP contribution in [0.5, 0.6) is 0 Å². The first-order valence-corrected chi connectivity index (χ1v) is 8.93. The zero-order valence-corrected chi connectivity index (χ0v) is 15.2. The minimum Gasteiger partial charge on any atom is -0.481 e. The molecule has 0 aromatic heterocycles. The molecule has 7 nitrogen and oxygen atoms in total. The van der Waals surface area contributed by atoms with Crippen molar-refractivity contribution in [2.75, 3.05) is 39.2 Å². The predicted molar refractivity (Wildman–Crippen MR) is 90.8 cm³/mol. The molecule has 0 saturated heterocycles. The molecule has 0 fully saturated rings. The highest BCUT2D eigenvalue weighted by molar-refractivity contribution is 7.99. The summed E-state index contributed by atoms with van der Waals surface area (Å²) in [6.45, 7) is 7.33. The number of hydrogen-bond donors (Lipinski definition) is 2. The van der Waals surface area contributed by atoms with Gasteiger partial charge >= 0.3 is 5.97 Å². The molecule has 0 bridgehead atoms. The first kappa shape index (κ1) is 24.1. The van der Waals surface area contributed by atoms with Gasteiger partial charge in [0, 0.05) is 13.0 Å². The number of aliphatic carboxylic acids is 1. The number of amides is 1. The number of Topliss-reactive ketones (excluding diaryl/α,β-unsaturated/α-hetero) is 1. The zero-order valence-electron chi connectivity index (χ0n) is 14.4. The number of rotatable bonds is 13. The van der Waals surface area contributed by atoms with Gasteiger partial charge in [-0.1, -0.05) is 13.8 Å². The van der Waals surface area contributed by atoms with Gasteiger partial charge in [-0.3, -0.25) is 14.4 Å². The second-order valence-electron chi connectivity index (χ2n) is 4.29. The monoisotopic (exact) mass is 351 g/mol. The number of thioether (sulfide) groups is 1. The molecule has 23 heavy (non-hydrogen) atoms. The highest BCUT2D eigenvalue weighted by atomic mass is 32.2. The number of carbonyl (C=O) groups is 3. The smallest absolute Gasteiger partial charge is 0.305 e. The third-order valence-electron chi connectivity index (χ3n) is 2.45. The number of carboxylic acids is 1. The molecule has 136 valence electrons. The maximum Gasteiger partial charge on any atom is 0.305 e. The summed E-state index contributed by atoms with van der Waals surface area (Å²) in [6, 6.07) is 0. The lowest BCUT2D eigenvalue weighted by molar-refractivity contribution is -0.138. The molecule has 0 spiro atoms. The van der Waals surface area contributed by atoms with E-state index >= 15 is 0 Å². The average Bonchev–Trinajstić information content (AvgIpc) is 2.52. The van der Waals surface area contributed by atoms with Crippen LogP contribution in [-0.2, 0) is 23.9 Å². The molecule has 0 saturated carbocycles. The van der Waals surface area contributed by atoms with E-state index in [2.05, 4.69) is 5.32 Å². The lowest BCUT2D eigenvalue weighted by Gasteiger charge is -2.12. The molecule has 2 N–H and O–H groups in total. The Hall–Kier alpha value is -1.12. The fourth-order valence-corrected chi connectivity index (χ4v) is 1.95.